The van der Waals surface area contributed by atoms with Gasteiger partial charge in [-0.05, 0) is 51.0 Å². The van der Waals surface area contributed by atoms with Gasteiger partial charge in [0.05, 0.1) is 17.1 Å². The topological polar surface area (TPSA) is 135 Å². The molecule has 0 aliphatic heterocycles. The third-order valence-corrected chi connectivity index (χ3v) is 6.64. The lowest BCUT2D eigenvalue weighted by atomic mass is 10.1. The van der Waals surface area contributed by atoms with E-state index in [1.807, 2.05) is 0 Å². The van der Waals surface area contributed by atoms with Gasteiger partial charge >= 0.3 is 11.9 Å². The van der Waals surface area contributed by atoms with Crippen LogP contribution < -0.4 is 5.32 Å². The molecule has 0 aliphatic rings. The molecule has 0 bridgehead atoms. The summed E-state index contributed by atoms with van der Waals surface area (Å²) in [7, 11) is -0.862. The Hall–Kier alpha value is -3.18. The van der Waals surface area contributed by atoms with E-state index in [4.69, 9.17) is 9.47 Å². The predicted octanol–water partition coefficient (Wildman–Crippen LogP) is 2.16. The molecule has 10 nitrogen and oxygen atoms in total. The second-order valence-electron chi connectivity index (χ2n) is 7.24. The van der Waals surface area contributed by atoms with Crippen LogP contribution in [0.1, 0.15) is 44.6 Å². The van der Waals surface area contributed by atoms with Crippen molar-refractivity contribution >= 4 is 33.6 Å². The van der Waals surface area contributed by atoms with E-state index in [2.05, 4.69) is 10.3 Å². The van der Waals surface area contributed by atoms with E-state index in [9.17, 15) is 22.8 Å². The van der Waals surface area contributed by atoms with E-state index in [-0.39, 0.29) is 28.4 Å². The van der Waals surface area contributed by atoms with E-state index in [0.717, 1.165) is 4.31 Å². The van der Waals surface area contributed by atoms with Crippen LogP contribution in [0.25, 0.3) is 0 Å². The van der Waals surface area contributed by atoms with Crippen molar-refractivity contribution in [2.24, 2.45) is 0 Å². The first-order valence-electron chi connectivity index (χ1n) is 9.76. The maximum absolute atomic E-state index is 12.5. The fourth-order valence-electron chi connectivity index (χ4n) is 3.02. The highest BCUT2D eigenvalue weighted by Crippen LogP contribution is 2.23. The van der Waals surface area contributed by atoms with Crippen molar-refractivity contribution in [2.75, 3.05) is 32.6 Å². The largest absolute Gasteiger partial charge is 0.461 e. The summed E-state index contributed by atoms with van der Waals surface area (Å²) in [4.78, 5) is 39.6. The minimum absolute atomic E-state index is 0.0577. The summed E-state index contributed by atoms with van der Waals surface area (Å²) >= 11 is 0. The van der Waals surface area contributed by atoms with Crippen LogP contribution >= 0.6 is 0 Å². The summed E-state index contributed by atoms with van der Waals surface area (Å²) in [5.41, 5.74) is 1.84. The average molecular weight is 466 g/mol. The van der Waals surface area contributed by atoms with E-state index in [1.54, 1.807) is 39.8 Å². The van der Waals surface area contributed by atoms with E-state index in [1.165, 1.54) is 20.2 Å². The van der Waals surface area contributed by atoms with Gasteiger partial charge in [0.2, 0.25) is 10.0 Å². The Kier molecular flexibility index (Phi) is 7.81. The Morgan fingerprint density at radius 1 is 1.06 bits per heavy atom. The molecule has 0 radical (unpaired) electrons. The molecule has 2 N–H and O–H groups in total. The molecule has 174 valence electrons. The van der Waals surface area contributed by atoms with Gasteiger partial charge < -0.3 is 19.8 Å². The minimum Gasteiger partial charge on any atom is -0.461 e. The first-order valence-corrected chi connectivity index (χ1v) is 11.2. The number of nitrogens with zero attached hydrogens (tertiary/aromatic N) is 1. The molecule has 0 fully saturated rings. The van der Waals surface area contributed by atoms with Crippen molar-refractivity contribution in [1.82, 2.24) is 9.29 Å². The Balaban J connectivity index is 2.10. The van der Waals surface area contributed by atoms with Gasteiger partial charge in [-0.1, -0.05) is 6.07 Å². The molecule has 0 aliphatic carbocycles. The molecule has 1 heterocycles. The number of esters is 2. The maximum atomic E-state index is 12.5. The first-order chi connectivity index (χ1) is 14.9. The molecule has 2 rings (SSSR count). The van der Waals surface area contributed by atoms with Gasteiger partial charge in [-0.15, -0.1) is 0 Å². The molecule has 0 atom stereocenters. The number of aryl methyl sites for hydroxylation is 2. The Labute approximate surface area is 186 Å². The number of nitrogens with one attached hydrogen (secondary N) is 2. The molecule has 2 aromatic rings. The lowest BCUT2D eigenvalue weighted by Crippen LogP contribution is -2.24. The van der Waals surface area contributed by atoms with Gasteiger partial charge in [0.1, 0.15) is 5.69 Å². The quantitative estimate of drug-likeness (QED) is 0.570. The van der Waals surface area contributed by atoms with Crippen molar-refractivity contribution in [2.45, 2.75) is 32.6 Å². The van der Waals surface area contributed by atoms with E-state index in [0.29, 0.717) is 16.8 Å². The normalized spacial score (nSPS) is 11.3. The highest BCUT2D eigenvalue weighted by atomic mass is 32.2. The molecule has 0 saturated heterocycles. The van der Waals surface area contributed by atoms with Crippen LogP contribution in [0.3, 0.4) is 0 Å². The number of ether oxygens (including phenoxy) is 2. The summed E-state index contributed by atoms with van der Waals surface area (Å²) in [5, 5.41) is 2.52. The number of aromatic nitrogens is 1. The molecule has 1 amide bonds. The van der Waals surface area contributed by atoms with Gasteiger partial charge in [-0.3, -0.25) is 4.79 Å². The number of rotatable bonds is 8. The minimum atomic E-state index is -3.69. The molecule has 0 unspecified atom stereocenters. The molecule has 32 heavy (non-hydrogen) atoms. The summed E-state index contributed by atoms with van der Waals surface area (Å²) in [6.07, 6.45) is 0. The number of carbonyl (C=O) groups excluding carboxylic acids is 3. The van der Waals surface area contributed by atoms with Crippen molar-refractivity contribution in [3.63, 3.8) is 0 Å². The fraction of sp³-hybridized carbons (Fsp3) is 0.381. The summed E-state index contributed by atoms with van der Waals surface area (Å²) in [6, 6.07) is 4.47. The smallest absolute Gasteiger partial charge is 0.355 e. The monoisotopic (exact) mass is 465 g/mol. The van der Waals surface area contributed by atoms with Crippen molar-refractivity contribution in [3.8, 4) is 0 Å². The molecule has 0 saturated carbocycles. The van der Waals surface area contributed by atoms with Crippen molar-refractivity contribution in [3.05, 3.63) is 46.3 Å². The lowest BCUT2D eigenvalue weighted by molar-refractivity contribution is -0.119. The van der Waals surface area contributed by atoms with Crippen LogP contribution in [0.5, 0.6) is 0 Å². The highest BCUT2D eigenvalue weighted by Gasteiger charge is 2.24. The Bertz CT molecular complexity index is 1150. The predicted molar refractivity (Wildman–Crippen MR) is 117 cm³/mol. The molecule has 11 heteroatoms. The van der Waals surface area contributed by atoms with Gasteiger partial charge in [-0.2, -0.15) is 0 Å². The van der Waals surface area contributed by atoms with Crippen LogP contribution in [0.2, 0.25) is 0 Å². The zero-order valence-electron chi connectivity index (χ0n) is 18.9. The molecular formula is C21H27N3O7S. The zero-order chi connectivity index (χ0) is 24.2. The first kappa shape index (κ1) is 25.1. The number of anilines is 1. The van der Waals surface area contributed by atoms with Gasteiger partial charge in [0, 0.05) is 25.5 Å². The number of H-pyrrole nitrogens is 1. The van der Waals surface area contributed by atoms with Crippen LogP contribution in [-0.2, 0) is 24.3 Å². The van der Waals surface area contributed by atoms with E-state index < -0.39 is 34.5 Å². The Morgan fingerprint density at radius 2 is 1.72 bits per heavy atom. The molecule has 0 spiro atoms. The number of carbonyl (C=O) groups is 3. The number of hydrogen-bond acceptors (Lipinski definition) is 7. The molecular weight excluding hydrogens is 438 g/mol. The third-order valence-electron chi connectivity index (χ3n) is 4.69. The number of hydrogen-bond donors (Lipinski definition) is 2. The highest BCUT2D eigenvalue weighted by molar-refractivity contribution is 7.89. The Morgan fingerprint density at radius 3 is 2.31 bits per heavy atom. The van der Waals surface area contributed by atoms with Crippen LogP contribution in [0, 0.1) is 20.8 Å². The number of amides is 1. The number of benzene rings is 1. The van der Waals surface area contributed by atoms with Crippen LogP contribution in [-0.4, -0.2) is 62.9 Å². The summed E-state index contributed by atoms with van der Waals surface area (Å²) < 4.78 is 36.0. The number of sulfonamides is 1. The SMILES string of the molecule is CCOC(=O)c1[nH]c(C)c(C(=O)OCC(=O)Nc2ccc(C)c(S(=O)(=O)N(C)C)c2)c1C. The summed E-state index contributed by atoms with van der Waals surface area (Å²) in [5.74, 6) is -2.01. The molecule has 1 aromatic carbocycles. The maximum Gasteiger partial charge on any atom is 0.355 e. The van der Waals surface area contributed by atoms with Crippen LogP contribution in [0.4, 0.5) is 5.69 Å². The summed E-state index contributed by atoms with van der Waals surface area (Å²) in [6.45, 7) is 6.09. The second kappa shape index (κ2) is 9.96. The van der Waals surface area contributed by atoms with Crippen molar-refractivity contribution < 1.29 is 32.3 Å². The fourth-order valence-corrected chi connectivity index (χ4v) is 4.16. The molecule has 1 aromatic heterocycles. The van der Waals surface area contributed by atoms with Crippen LogP contribution in [0.15, 0.2) is 23.1 Å². The van der Waals surface area contributed by atoms with Gasteiger partial charge in [-0.25, -0.2) is 22.3 Å². The third kappa shape index (κ3) is 5.35. The van der Waals surface area contributed by atoms with Crippen molar-refractivity contribution in [1.29, 1.82) is 0 Å². The average Bonchev–Trinajstić information content (AvgIpc) is 3.01. The standard InChI is InChI=1S/C21H27N3O7S/c1-7-30-21(27)19-13(3)18(14(4)22-19)20(26)31-11-17(25)23-15-9-8-12(2)16(10-15)32(28,29)24(5)6/h8-10,22H,7,11H2,1-6H3,(H,23,25). The zero-order valence-corrected chi connectivity index (χ0v) is 19.7. The number of aromatic amines is 1. The lowest BCUT2D eigenvalue weighted by Gasteiger charge is -2.15. The van der Waals surface area contributed by atoms with Gasteiger partial charge in [0.25, 0.3) is 5.91 Å². The van der Waals surface area contributed by atoms with Gasteiger partial charge in [0.15, 0.2) is 6.61 Å². The van der Waals surface area contributed by atoms with E-state index >= 15 is 0 Å². The second-order valence-corrected chi connectivity index (χ2v) is 9.36.